The minimum Gasteiger partial charge on any atom is -0.506 e. The summed E-state index contributed by atoms with van der Waals surface area (Å²) in [7, 11) is 0. The molecule has 3 aliphatic rings. The lowest BCUT2D eigenvalue weighted by atomic mass is 10.0. The number of nitrogens with zero attached hydrogens (tertiary/aromatic N) is 1. The van der Waals surface area contributed by atoms with Crippen LogP contribution in [-0.2, 0) is 27.2 Å². The van der Waals surface area contributed by atoms with Gasteiger partial charge >= 0.3 is 17.9 Å². The maximum Gasteiger partial charge on any atom is 0.353 e. The van der Waals surface area contributed by atoms with Crippen molar-refractivity contribution >= 4 is 51.6 Å². The number of nitrogens with one attached hydrogen (secondary N) is 1. The Morgan fingerprint density at radius 3 is 2.13 bits per heavy atom. The van der Waals surface area contributed by atoms with E-state index in [9.17, 15) is 34.5 Å². The first kappa shape index (κ1) is 26.9. The predicted molar refractivity (Wildman–Crippen MR) is 137 cm³/mol. The van der Waals surface area contributed by atoms with Crippen LogP contribution in [0.5, 0.6) is 11.6 Å². The Labute approximate surface area is 221 Å². The molecule has 0 radical (unpaired) electrons. The number of phenolic OH excluding ortho intramolecular Hbond substituents is 1. The molecule has 4 rings (SSSR count). The number of anilines is 1. The van der Waals surface area contributed by atoms with Crippen LogP contribution in [-0.4, -0.2) is 60.5 Å². The van der Waals surface area contributed by atoms with Gasteiger partial charge in [-0.3, -0.25) is 14.4 Å². The van der Waals surface area contributed by atoms with Gasteiger partial charge in [-0.1, -0.05) is 11.8 Å². The zero-order valence-electron chi connectivity index (χ0n) is 19.2. The fourth-order valence-corrected chi connectivity index (χ4v) is 6.09. The first-order valence-corrected chi connectivity index (χ1v) is 12.4. The fraction of sp³-hybridized carbons (Fsp3) is 0.174. The van der Waals surface area contributed by atoms with Crippen LogP contribution in [0.2, 0.25) is 0 Å². The highest BCUT2D eigenvalue weighted by Gasteiger charge is 2.31. The van der Waals surface area contributed by atoms with Crippen LogP contribution in [0.15, 0.2) is 39.7 Å². The lowest BCUT2D eigenvalue weighted by Gasteiger charge is -2.24. The third-order valence-electron chi connectivity index (χ3n) is 5.53. The van der Waals surface area contributed by atoms with Crippen LogP contribution in [0.1, 0.15) is 16.0 Å². The number of carboxylic acids is 3. The Balaban J connectivity index is 1.82. The molecule has 2 atom stereocenters. The van der Waals surface area contributed by atoms with Crippen molar-refractivity contribution in [3.05, 3.63) is 56.2 Å². The Morgan fingerprint density at radius 2 is 1.55 bits per heavy atom. The van der Waals surface area contributed by atoms with Gasteiger partial charge in [0.25, 0.3) is 0 Å². The summed E-state index contributed by atoms with van der Waals surface area (Å²) in [5, 5.41) is 51.8. The molecule has 0 fully saturated rings. The van der Waals surface area contributed by atoms with E-state index in [-0.39, 0.29) is 50.3 Å². The number of aliphatic carboxylic acids is 3. The van der Waals surface area contributed by atoms with Gasteiger partial charge in [0.1, 0.15) is 34.1 Å². The van der Waals surface area contributed by atoms with Gasteiger partial charge < -0.3 is 42.3 Å². The minimum absolute atomic E-state index is 0.00994. The molecule has 0 saturated heterocycles. The smallest absolute Gasteiger partial charge is 0.353 e. The summed E-state index contributed by atoms with van der Waals surface area (Å²) >= 11 is 1.74. The van der Waals surface area contributed by atoms with Crippen molar-refractivity contribution in [2.45, 2.75) is 29.8 Å². The van der Waals surface area contributed by atoms with Crippen LogP contribution < -0.4 is 22.2 Å². The Bertz CT molecular complexity index is 1550. The predicted octanol–water partition coefficient (Wildman–Crippen LogP) is 0.899. The lowest BCUT2D eigenvalue weighted by Crippen LogP contribution is -2.32. The zero-order valence-corrected chi connectivity index (χ0v) is 20.8. The molecule has 0 spiro atoms. The van der Waals surface area contributed by atoms with Gasteiger partial charge in [-0.15, -0.1) is 11.3 Å². The van der Waals surface area contributed by atoms with E-state index >= 15 is 0 Å². The Morgan fingerprint density at radius 1 is 0.947 bits per heavy atom. The van der Waals surface area contributed by atoms with Gasteiger partial charge in [0.2, 0.25) is 11.3 Å². The molecule has 0 aromatic heterocycles. The maximum absolute atomic E-state index is 12.6. The molecule has 0 saturated carbocycles. The van der Waals surface area contributed by atoms with Crippen molar-refractivity contribution in [3.63, 3.8) is 0 Å². The number of aromatic nitrogens is 1. The SMILES string of the molecule is NC(Cc1cc(O)c2c(c1)SC(c1sc3cc(CC(N)C(=O)O)cc(=O)c-3nc1O)=C(C(=O)O)N2)C(=O)O. The van der Waals surface area contributed by atoms with Crippen LogP contribution in [0.25, 0.3) is 15.5 Å². The van der Waals surface area contributed by atoms with E-state index in [4.69, 9.17) is 21.7 Å². The van der Waals surface area contributed by atoms with E-state index in [1.165, 1.54) is 24.3 Å². The first-order chi connectivity index (χ1) is 17.8. The van der Waals surface area contributed by atoms with Crippen LogP contribution in [0, 0.1) is 0 Å². The number of aromatic hydroxyl groups is 2. The average molecular weight is 561 g/mol. The van der Waals surface area contributed by atoms with E-state index in [1.54, 1.807) is 0 Å². The van der Waals surface area contributed by atoms with Gasteiger partial charge in [-0.25, -0.2) is 9.78 Å². The summed E-state index contributed by atoms with van der Waals surface area (Å²) in [5.74, 6) is -4.85. The van der Waals surface area contributed by atoms with Gasteiger partial charge in [0.05, 0.1) is 15.5 Å². The molecular weight excluding hydrogens is 540 g/mol. The largest absolute Gasteiger partial charge is 0.506 e. The van der Waals surface area contributed by atoms with Gasteiger partial charge in [0.15, 0.2) is 0 Å². The number of hydrogen-bond donors (Lipinski definition) is 8. The summed E-state index contributed by atoms with van der Waals surface area (Å²) in [5.41, 5.74) is 10.9. The summed E-state index contributed by atoms with van der Waals surface area (Å²) < 4.78 is 0. The fourth-order valence-electron chi connectivity index (χ4n) is 3.72. The van der Waals surface area contributed by atoms with E-state index < -0.39 is 41.3 Å². The van der Waals surface area contributed by atoms with E-state index in [1.807, 2.05) is 0 Å². The lowest BCUT2D eigenvalue weighted by molar-refractivity contribution is -0.139. The molecule has 0 bridgehead atoms. The number of phenols is 1. The van der Waals surface area contributed by atoms with E-state index in [0.717, 1.165) is 23.1 Å². The normalized spacial score (nSPS) is 14.5. The number of carbonyl (C=O) groups is 3. The highest BCUT2D eigenvalue weighted by molar-refractivity contribution is 8.08. The molecule has 2 aliphatic heterocycles. The van der Waals surface area contributed by atoms with Crippen molar-refractivity contribution in [2.24, 2.45) is 11.5 Å². The molecule has 38 heavy (non-hydrogen) atoms. The van der Waals surface area contributed by atoms with Crippen molar-refractivity contribution in [1.29, 1.82) is 0 Å². The van der Waals surface area contributed by atoms with Gasteiger partial charge in [-0.05, 0) is 48.2 Å². The molecular formula is C23H20N4O9S2. The number of carboxylic acid groups (broad SMARTS) is 3. The van der Waals surface area contributed by atoms with Crippen LogP contribution >= 0.6 is 23.1 Å². The number of nitrogens with two attached hydrogens (primary N) is 2. The van der Waals surface area contributed by atoms with Crippen molar-refractivity contribution < 1.29 is 39.9 Å². The zero-order chi connectivity index (χ0) is 27.9. The molecule has 1 aromatic carbocycles. The second kappa shape index (κ2) is 10.3. The number of benzene rings is 2. The van der Waals surface area contributed by atoms with E-state index in [0.29, 0.717) is 16.0 Å². The molecule has 1 aromatic rings. The molecule has 2 unspecified atom stereocenters. The summed E-state index contributed by atoms with van der Waals surface area (Å²) in [6.07, 6.45) is -0.253. The van der Waals surface area contributed by atoms with E-state index in [2.05, 4.69) is 10.3 Å². The molecule has 13 nitrogen and oxygen atoms in total. The minimum atomic E-state index is -1.41. The topological polar surface area (TPSA) is 246 Å². The molecule has 0 amide bonds. The Kier molecular flexibility index (Phi) is 7.28. The molecule has 15 heteroatoms. The summed E-state index contributed by atoms with van der Waals surface area (Å²) in [6.45, 7) is 0. The Hall–Kier alpha value is -4.18. The third-order valence-corrected chi connectivity index (χ3v) is 7.93. The molecule has 2 heterocycles. The van der Waals surface area contributed by atoms with Crippen molar-refractivity contribution in [3.8, 4) is 22.2 Å². The second-order valence-corrected chi connectivity index (χ2v) is 10.4. The van der Waals surface area contributed by atoms with Crippen molar-refractivity contribution in [1.82, 2.24) is 4.98 Å². The monoisotopic (exact) mass is 560 g/mol. The third kappa shape index (κ3) is 5.26. The summed E-state index contributed by atoms with van der Waals surface area (Å²) in [6, 6.07) is 2.98. The van der Waals surface area contributed by atoms with Gasteiger partial charge in [-0.2, -0.15) is 0 Å². The van der Waals surface area contributed by atoms with Crippen LogP contribution in [0.4, 0.5) is 5.69 Å². The maximum atomic E-state index is 12.6. The number of rotatable bonds is 8. The average Bonchev–Trinajstić information content (AvgIpc) is 2.83. The molecule has 198 valence electrons. The number of thioether (sulfide) groups is 1. The highest BCUT2D eigenvalue weighted by Crippen LogP contribution is 2.51. The van der Waals surface area contributed by atoms with Gasteiger partial charge in [0, 0.05) is 4.90 Å². The summed E-state index contributed by atoms with van der Waals surface area (Å²) in [4.78, 5) is 51.5. The highest BCUT2D eigenvalue weighted by atomic mass is 32.2. The standard InChI is InChI=1S/C23H20N4O9S2/c24-9(21(31)32)1-7-3-11(28)15-13(5-7)37-18(17(26-15)23(35)36)19-20(30)27-16-12(29)4-8(6-14(16)38-19)2-10(25)22(33)34/h3-6,9-10,26,28,30H,1-2,24-25H2,(H,31,32)(H,33,34)(H,35,36). The molecule has 10 N–H and O–H groups in total. The first-order valence-electron chi connectivity index (χ1n) is 10.8. The van der Waals surface area contributed by atoms with Crippen LogP contribution in [0.3, 0.4) is 0 Å². The quantitative estimate of drug-likeness (QED) is 0.178. The second-order valence-electron chi connectivity index (χ2n) is 8.33. The molecule has 1 aliphatic carbocycles. The van der Waals surface area contributed by atoms with Crippen molar-refractivity contribution in [2.75, 3.05) is 5.32 Å². The number of fused-ring (bicyclic) bond motifs is 2. The number of hydrogen-bond acceptors (Lipinski definition) is 12.